The number of anilines is 1. The first-order valence-electron chi connectivity index (χ1n) is 13.1. The van der Waals surface area contributed by atoms with Crippen LogP contribution in [0, 0.1) is 0 Å². The molecule has 0 spiro atoms. The van der Waals surface area contributed by atoms with Crippen LogP contribution < -0.4 is 15.4 Å². The number of likely N-dealkylation sites (tertiary alicyclic amines) is 1. The van der Waals surface area contributed by atoms with Gasteiger partial charge in [-0.2, -0.15) is 0 Å². The molecule has 3 aromatic rings. The molecule has 1 saturated heterocycles. The second kappa shape index (κ2) is 10.2. The van der Waals surface area contributed by atoms with Crippen LogP contribution in [0.25, 0.3) is 10.2 Å². The van der Waals surface area contributed by atoms with Crippen LogP contribution in [0.15, 0.2) is 66.9 Å². The SMILES string of the molecule is O[C@@H]1CCCC[C@H]1Nc1nc2ccc(OC3(c4ccc(CN5CCCC5)cc4)C=CC=CN3)cc2s1. The topological polar surface area (TPSA) is 69.6 Å². The first-order valence-corrected chi connectivity index (χ1v) is 14.0. The van der Waals surface area contributed by atoms with Gasteiger partial charge in [0.2, 0.25) is 5.72 Å². The molecule has 188 valence electrons. The molecule has 0 bridgehead atoms. The number of nitrogens with one attached hydrogen (secondary N) is 2. The van der Waals surface area contributed by atoms with Gasteiger partial charge < -0.3 is 20.5 Å². The molecule has 2 aromatic carbocycles. The third kappa shape index (κ3) is 5.01. The largest absolute Gasteiger partial charge is 0.460 e. The minimum atomic E-state index is -0.771. The molecule has 6 nitrogen and oxygen atoms in total. The van der Waals surface area contributed by atoms with Gasteiger partial charge in [-0.3, -0.25) is 4.90 Å². The average molecular weight is 503 g/mol. The van der Waals surface area contributed by atoms with Crippen LogP contribution in [0.1, 0.15) is 49.7 Å². The summed E-state index contributed by atoms with van der Waals surface area (Å²) in [5, 5.41) is 18.1. The summed E-state index contributed by atoms with van der Waals surface area (Å²) in [5.41, 5.74) is 2.56. The summed E-state index contributed by atoms with van der Waals surface area (Å²) < 4.78 is 7.71. The number of thiazole rings is 1. The summed E-state index contributed by atoms with van der Waals surface area (Å²) in [7, 11) is 0. The van der Waals surface area contributed by atoms with Gasteiger partial charge in [-0.05, 0) is 74.7 Å². The first kappa shape index (κ1) is 23.5. The van der Waals surface area contributed by atoms with Gasteiger partial charge in [-0.15, -0.1) is 0 Å². The van der Waals surface area contributed by atoms with Crippen molar-refractivity contribution in [3.63, 3.8) is 0 Å². The lowest BCUT2D eigenvalue weighted by atomic mass is 9.93. The molecular weight excluding hydrogens is 468 g/mol. The van der Waals surface area contributed by atoms with Crippen LogP contribution in [0.4, 0.5) is 5.13 Å². The number of hydrogen-bond acceptors (Lipinski definition) is 7. The van der Waals surface area contributed by atoms with Gasteiger partial charge in [-0.25, -0.2) is 4.98 Å². The van der Waals surface area contributed by atoms with E-state index in [2.05, 4.69) is 51.9 Å². The zero-order chi connectivity index (χ0) is 24.4. The smallest absolute Gasteiger partial charge is 0.226 e. The molecule has 3 aliphatic rings. The average Bonchev–Trinajstić information content (AvgIpc) is 3.56. The van der Waals surface area contributed by atoms with Gasteiger partial charge in [0, 0.05) is 18.3 Å². The summed E-state index contributed by atoms with van der Waals surface area (Å²) in [4.78, 5) is 7.27. The van der Waals surface area contributed by atoms with Gasteiger partial charge in [0.1, 0.15) is 5.75 Å². The van der Waals surface area contributed by atoms with E-state index in [0.717, 1.165) is 58.9 Å². The third-order valence-corrected chi connectivity index (χ3v) is 8.45. The minimum Gasteiger partial charge on any atom is -0.460 e. The molecule has 1 saturated carbocycles. The van der Waals surface area contributed by atoms with Gasteiger partial charge in [0.25, 0.3) is 0 Å². The highest BCUT2D eigenvalue weighted by molar-refractivity contribution is 7.22. The molecule has 1 aliphatic carbocycles. The van der Waals surface area contributed by atoms with Crippen molar-refractivity contribution < 1.29 is 9.84 Å². The predicted molar refractivity (Wildman–Crippen MR) is 146 cm³/mol. The molecule has 1 aromatic heterocycles. The molecule has 3 atom stereocenters. The number of benzene rings is 2. The van der Waals surface area contributed by atoms with Gasteiger partial charge in [-0.1, -0.05) is 54.5 Å². The quantitative estimate of drug-likeness (QED) is 0.396. The molecule has 2 aliphatic heterocycles. The van der Waals surface area contributed by atoms with E-state index in [0.29, 0.717) is 0 Å². The molecule has 36 heavy (non-hydrogen) atoms. The van der Waals surface area contributed by atoms with Gasteiger partial charge in [0.05, 0.1) is 22.4 Å². The van der Waals surface area contributed by atoms with Crippen LogP contribution in [0.2, 0.25) is 0 Å². The molecular formula is C29H34N4O2S. The molecule has 0 amide bonds. The number of allylic oxidation sites excluding steroid dienone is 2. The number of dihydropyridines is 1. The van der Waals surface area contributed by atoms with E-state index in [-0.39, 0.29) is 12.1 Å². The van der Waals surface area contributed by atoms with Crippen molar-refractivity contribution in [3.8, 4) is 5.75 Å². The highest BCUT2D eigenvalue weighted by atomic mass is 32.1. The van der Waals surface area contributed by atoms with Crippen LogP contribution in [-0.2, 0) is 12.3 Å². The first-order chi connectivity index (χ1) is 17.7. The van der Waals surface area contributed by atoms with Crippen molar-refractivity contribution in [2.24, 2.45) is 0 Å². The normalized spacial score (nSPS) is 26.2. The van der Waals surface area contributed by atoms with Crippen LogP contribution in [-0.4, -0.2) is 40.2 Å². The van der Waals surface area contributed by atoms with Crippen molar-refractivity contribution in [1.82, 2.24) is 15.2 Å². The Labute approximate surface area is 216 Å². The Morgan fingerprint density at radius 3 is 2.67 bits per heavy atom. The van der Waals surface area contributed by atoms with Crippen molar-refractivity contribution in [2.45, 2.75) is 62.9 Å². The summed E-state index contributed by atoms with van der Waals surface area (Å²) in [6.07, 6.45) is 14.4. The Balaban J connectivity index is 1.21. The van der Waals surface area contributed by atoms with Gasteiger partial charge >= 0.3 is 0 Å². The molecule has 0 radical (unpaired) electrons. The summed E-state index contributed by atoms with van der Waals surface area (Å²) in [6.45, 7) is 3.40. The molecule has 7 heteroatoms. The predicted octanol–water partition coefficient (Wildman–Crippen LogP) is 5.51. The molecule has 3 heterocycles. The Hall–Kier alpha value is -2.87. The third-order valence-electron chi connectivity index (χ3n) is 7.50. The van der Waals surface area contributed by atoms with E-state index in [4.69, 9.17) is 9.72 Å². The molecule has 3 N–H and O–H groups in total. The fourth-order valence-electron chi connectivity index (χ4n) is 5.48. The number of fused-ring (bicyclic) bond motifs is 1. The lowest BCUT2D eigenvalue weighted by Gasteiger charge is -2.34. The number of nitrogens with zero attached hydrogens (tertiary/aromatic N) is 2. The second-order valence-corrected chi connectivity index (χ2v) is 11.2. The van der Waals surface area contributed by atoms with E-state index in [1.807, 2.05) is 30.5 Å². The van der Waals surface area contributed by atoms with Crippen LogP contribution >= 0.6 is 11.3 Å². The number of ether oxygens (including phenoxy) is 1. The van der Waals surface area contributed by atoms with Crippen molar-refractivity contribution >= 4 is 26.7 Å². The standard InChI is InChI=1S/C29H34N4O2S/c34-26-8-2-1-7-24(26)31-28-32-25-14-13-23(19-27(25)36-28)35-29(15-3-4-16-30-29)22-11-9-21(10-12-22)20-33-17-5-6-18-33/h3-4,9-16,19,24,26,30,34H,1-2,5-8,17-18,20H2,(H,31,32)/t24-,26-,29?/m1/s1. The monoisotopic (exact) mass is 502 g/mol. The van der Waals surface area contributed by atoms with Crippen molar-refractivity contribution in [1.29, 1.82) is 0 Å². The number of aliphatic hydroxyl groups is 1. The molecule has 1 unspecified atom stereocenters. The van der Waals surface area contributed by atoms with E-state index >= 15 is 0 Å². The number of aromatic nitrogens is 1. The fourth-order valence-corrected chi connectivity index (χ4v) is 6.44. The number of rotatable bonds is 7. The van der Waals surface area contributed by atoms with Crippen molar-refractivity contribution in [2.75, 3.05) is 18.4 Å². The maximum Gasteiger partial charge on any atom is 0.226 e. The number of aliphatic hydroxyl groups excluding tert-OH is 1. The highest BCUT2D eigenvalue weighted by Gasteiger charge is 2.32. The van der Waals surface area contributed by atoms with E-state index in [9.17, 15) is 5.11 Å². The second-order valence-electron chi connectivity index (χ2n) is 10.1. The van der Waals surface area contributed by atoms with Gasteiger partial charge in [0.15, 0.2) is 5.13 Å². The van der Waals surface area contributed by atoms with E-state index in [1.54, 1.807) is 11.3 Å². The minimum absolute atomic E-state index is 0.0788. The maximum atomic E-state index is 10.3. The van der Waals surface area contributed by atoms with Crippen LogP contribution in [0.5, 0.6) is 5.75 Å². The maximum absolute atomic E-state index is 10.3. The van der Waals surface area contributed by atoms with Crippen LogP contribution in [0.3, 0.4) is 0 Å². The molecule has 2 fully saturated rings. The lowest BCUT2D eigenvalue weighted by molar-refractivity contribution is 0.0948. The summed E-state index contributed by atoms with van der Waals surface area (Å²) in [5.74, 6) is 0.781. The van der Waals surface area contributed by atoms with E-state index < -0.39 is 5.72 Å². The fraction of sp³-hybridized carbons (Fsp3) is 0.414. The van der Waals surface area contributed by atoms with Crippen molar-refractivity contribution in [3.05, 3.63) is 78.0 Å². The Kier molecular flexibility index (Phi) is 6.69. The Morgan fingerprint density at radius 2 is 1.89 bits per heavy atom. The van der Waals surface area contributed by atoms with E-state index in [1.165, 1.54) is 31.5 Å². The summed E-state index contributed by atoms with van der Waals surface area (Å²) in [6, 6.07) is 14.9. The Bertz CT molecular complexity index is 1250. The highest BCUT2D eigenvalue weighted by Crippen LogP contribution is 2.35. The lowest BCUT2D eigenvalue weighted by Crippen LogP contribution is -2.44. The summed E-state index contributed by atoms with van der Waals surface area (Å²) >= 11 is 1.61. The number of hydrogen-bond donors (Lipinski definition) is 3. The Morgan fingerprint density at radius 1 is 1.06 bits per heavy atom. The molecule has 6 rings (SSSR count). The zero-order valence-corrected chi connectivity index (χ0v) is 21.3. The zero-order valence-electron chi connectivity index (χ0n) is 20.5.